The minimum Gasteiger partial charge on any atom is -0.508 e. The molecule has 0 aliphatic rings. The van der Waals surface area contributed by atoms with E-state index in [1.165, 1.54) is 12.1 Å². The molecule has 0 aliphatic carbocycles. The Morgan fingerprint density at radius 3 is 2.53 bits per heavy atom. The normalized spacial score (nSPS) is 13.6. The SMILES string of the molecule is CC(NCC(F)(F)CO)c1ccc(O)cc1O. The minimum absolute atomic E-state index is 0.0980. The standard InChI is InChI=1S/C11H15F2NO3/c1-7(14-5-11(12,13)6-15)9-3-2-8(16)4-10(9)17/h2-4,7,14-17H,5-6H2,1H3. The third-order valence-electron chi connectivity index (χ3n) is 2.38. The van der Waals surface area contributed by atoms with Gasteiger partial charge in [-0.15, -0.1) is 0 Å². The lowest BCUT2D eigenvalue weighted by atomic mass is 10.1. The molecule has 6 heteroatoms. The second kappa shape index (κ2) is 5.29. The van der Waals surface area contributed by atoms with Crippen LogP contribution < -0.4 is 5.32 Å². The first kappa shape index (κ1) is 13.7. The smallest absolute Gasteiger partial charge is 0.282 e. The molecule has 0 saturated heterocycles. The average Bonchev–Trinajstić information content (AvgIpc) is 2.26. The summed E-state index contributed by atoms with van der Waals surface area (Å²) in [5.41, 5.74) is 0.400. The zero-order valence-corrected chi connectivity index (χ0v) is 9.32. The molecule has 0 spiro atoms. The number of hydrogen-bond acceptors (Lipinski definition) is 4. The average molecular weight is 247 g/mol. The van der Waals surface area contributed by atoms with Crippen LogP contribution in [0.1, 0.15) is 18.5 Å². The number of hydrogen-bond donors (Lipinski definition) is 4. The topological polar surface area (TPSA) is 72.7 Å². The summed E-state index contributed by atoms with van der Waals surface area (Å²) in [5, 5.41) is 29.5. The van der Waals surface area contributed by atoms with Gasteiger partial charge >= 0.3 is 0 Å². The summed E-state index contributed by atoms with van der Waals surface area (Å²) in [6.45, 7) is -0.321. The van der Waals surface area contributed by atoms with Crippen LogP contribution in [-0.2, 0) is 0 Å². The second-order valence-electron chi connectivity index (χ2n) is 3.86. The van der Waals surface area contributed by atoms with E-state index in [0.717, 1.165) is 6.07 Å². The van der Waals surface area contributed by atoms with E-state index in [4.69, 9.17) is 10.2 Å². The van der Waals surface area contributed by atoms with Crippen LogP contribution in [0.3, 0.4) is 0 Å². The minimum atomic E-state index is -3.19. The van der Waals surface area contributed by atoms with Gasteiger partial charge in [0.15, 0.2) is 0 Å². The Kier molecular flexibility index (Phi) is 4.25. The van der Waals surface area contributed by atoms with Gasteiger partial charge in [-0.3, -0.25) is 0 Å². The predicted molar refractivity (Wildman–Crippen MR) is 58.2 cm³/mol. The van der Waals surface area contributed by atoms with Gasteiger partial charge in [-0.05, 0) is 13.0 Å². The van der Waals surface area contributed by atoms with Gasteiger partial charge in [0, 0.05) is 17.7 Å². The van der Waals surface area contributed by atoms with E-state index in [1.54, 1.807) is 6.92 Å². The van der Waals surface area contributed by atoms with Crippen molar-refractivity contribution in [3.05, 3.63) is 23.8 Å². The van der Waals surface area contributed by atoms with Crippen LogP contribution >= 0.6 is 0 Å². The maximum Gasteiger partial charge on any atom is 0.282 e. The van der Waals surface area contributed by atoms with Crippen LogP contribution in [0.5, 0.6) is 11.5 Å². The summed E-state index contributed by atoms with van der Waals surface area (Å²) in [4.78, 5) is 0. The van der Waals surface area contributed by atoms with Gasteiger partial charge in [-0.25, -0.2) is 8.78 Å². The molecular formula is C11H15F2NO3. The Labute approximate surface area is 97.5 Å². The number of phenolic OH excluding ortho intramolecular Hbond substituents is 2. The lowest BCUT2D eigenvalue weighted by molar-refractivity contribution is -0.0491. The second-order valence-corrected chi connectivity index (χ2v) is 3.86. The van der Waals surface area contributed by atoms with E-state index < -0.39 is 25.1 Å². The third-order valence-corrected chi connectivity index (χ3v) is 2.38. The molecule has 0 amide bonds. The lowest BCUT2D eigenvalue weighted by Crippen LogP contribution is -2.37. The highest BCUT2D eigenvalue weighted by Crippen LogP contribution is 2.28. The first-order valence-corrected chi connectivity index (χ1v) is 5.09. The van der Waals surface area contributed by atoms with Crippen LogP contribution in [0.25, 0.3) is 0 Å². The molecule has 1 rings (SSSR count). The number of alkyl halides is 2. The van der Waals surface area contributed by atoms with E-state index in [9.17, 15) is 13.9 Å². The molecule has 0 fully saturated rings. The molecule has 0 saturated carbocycles. The molecule has 1 aromatic carbocycles. The summed E-state index contributed by atoms with van der Waals surface area (Å²) in [6, 6.07) is 3.42. The highest BCUT2D eigenvalue weighted by molar-refractivity contribution is 5.40. The number of halogens is 2. The summed E-state index contributed by atoms with van der Waals surface area (Å²) in [7, 11) is 0. The fourth-order valence-electron chi connectivity index (χ4n) is 1.37. The molecule has 0 heterocycles. The zero-order valence-electron chi connectivity index (χ0n) is 9.32. The third kappa shape index (κ3) is 3.83. The van der Waals surface area contributed by atoms with Crippen molar-refractivity contribution in [2.45, 2.75) is 18.9 Å². The van der Waals surface area contributed by atoms with Gasteiger partial charge in [0.2, 0.25) is 0 Å². The maximum atomic E-state index is 12.8. The van der Waals surface area contributed by atoms with E-state index in [0.29, 0.717) is 5.56 Å². The Hall–Kier alpha value is -1.40. The Balaban J connectivity index is 2.67. The quantitative estimate of drug-likeness (QED) is 0.634. The monoisotopic (exact) mass is 247 g/mol. The van der Waals surface area contributed by atoms with Gasteiger partial charge in [0.05, 0.1) is 6.54 Å². The van der Waals surface area contributed by atoms with Crippen molar-refractivity contribution in [1.29, 1.82) is 0 Å². The molecule has 1 unspecified atom stereocenters. The molecule has 0 aromatic heterocycles. The van der Waals surface area contributed by atoms with Crippen LogP contribution in [0.15, 0.2) is 18.2 Å². The van der Waals surface area contributed by atoms with Crippen molar-refractivity contribution in [3.8, 4) is 11.5 Å². The van der Waals surface area contributed by atoms with Crippen molar-refractivity contribution < 1.29 is 24.1 Å². The van der Waals surface area contributed by atoms with Crippen molar-refractivity contribution >= 4 is 0 Å². The van der Waals surface area contributed by atoms with Crippen LogP contribution in [-0.4, -0.2) is 34.4 Å². The van der Waals surface area contributed by atoms with Crippen LogP contribution in [0, 0.1) is 0 Å². The largest absolute Gasteiger partial charge is 0.508 e. The van der Waals surface area contributed by atoms with Crippen LogP contribution in [0.2, 0.25) is 0 Å². The summed E-state index contributed by atoms with van der Waals surface area (Å²) in [5.74, 6) is -3.46. The Bertz CT molecular complexity index is 385. The van der Waals surface area contributed by atoms with Gasteiger partial charge in [-0.1, -0.05) is 6.07 Å². The number of phenols is 2. The molecule has 0 aliphatic heterocycles. The number of aromatic hydroxyl groups is 2. The summed E-state index contributed by atoms with van der Waals surface area (Å²) in [6.07, 6.45) is 0. The van der Waals surface area contributed by atoms with E-state index in [1.807, 2.05) is 0 Å². The molecule has 0 radical (unpaired) electrons. The first-order chi connectivity index (χ1) is 7.85. The van der Waals surface area contributed by atoms with E-state index in [-0.39, 0.29) is 11.5 Å². The maximum absolute atomic E-state index is 12.8. The fourth-order valence-corrected chi connectivity index (χ4v) is 1.37. The molecule has 4 nitrogen and oxygen atoms in total. The van der Waals surface area contributed by atoms with Crippen molar-refractivity contribution in [3.63, 3.8) is 0 Å². The van der Waals surface area contributed by atoms with E-state index >= 15 is 0 Å². The molecular weight excluding hydrogens is 232 g/mol. The highest BCUT2D eigenvalue weighted by atomic mass is 19.3. The number of nitrogens with one attached hydrogen (secondary N) is 1. The number of benzene rings is 1. The van der Waals surface area contributed by atoms with Gasteiger partial charge in [0.1, 0.15) is 18.1 Å². The lowest BCUT2D eigenvalue weighted by Gasteiger charge is -2.19. The van der Waals surface area contributed by atoms with Gasteiger partial charge < -0.3 is 20.6 Å². The molecule has 17 heavy (non-hydrogen) atoms. The number of rotatable bonds is 5. The fraction of sp³-hybridized carbons (Fsp3) is 0.455. The van der Waals surface area contributed by atoms with E-state index in [2.05, 4.69) is 5.32 Å². The van der Waals surface area contributed by atoms with Crippen molar-refractivity contribution in [2.75, 3.05) is 13.2 Å². The van der Waals surface area contributed by atoms with Crippen molar-refractivity contribution in [2.24, 2.45) is 0 Å². The molecule has 1 aromatic rings. The van der Waals surface area contributed by atoms with Gasteiger partial charge in [0.25, 0.3) is 5.92 Å². The zero-order chi connectivity index (χ0) is 13.1. The molecule has 1 atom stereocenters. The van der Waals surface area contributed by atoms with Crippen molar-refractivity contribution in [1.82, 2.24) is 5.32 Å². The summed E-state index contributed by atoms with van der Waals surface area (Å²) >= 11 is 0. The summed E-state index contributed by atoms with van der Waals surface area (Å²) < 4.78 is 25.6. The molecule has 0 bridgehead atoms. The first-order valence-electron chi connectivity index (χ1n) is 5.09. The predicted octanol–water partition coefficient (Wildman–Crippen LogP) is 1.38. The Morgan fingerprint density at radius 1 is 1.35 bits per heavy atom. The Morgan fingerprint density at radius 2 is 2.00 bits per heavy atom. The van der Waals surface area contributed by atoms with Gasteiger partial charge in [-0.2, -0.15) is 0 Å². The number of aliphatic hydroxyl groups is 1. The van der Waals surface area contributed by atoms with Crippen LogP contribution in [0.4, 0.5) is 8.78 Å². The number of aliphatic hydroxyl groups excluding tert-OH is 1. The highest BCUT2D eigenvalue weighted by Gasteiger charge is 2.28. The molecule has 4 N–H and O–H groups in total. The molecule has 96 valence electrons.